The zero-order valence-corrected chi connectivity index (χ0v) is 16.3. The molecule has 0 saturated carbocycles. The van der Waals surface area contributed by atoms with Crippen molar-refractivity contribution in [3.05, 3.63) is 69.9 Å². The molecule has 138 valence electrons. The number of amides is 2. The van der Waals surface area contributed by atoms with E-state index in [1.807, 2.05) is 30.3 Å². The number of hydrogen-bond acceptors (Lipinski definition) is 2. The second kappa shape index (κ2) is 8.64. The van der Waals surface area contributed by atoms with Gasteiger partial charge in [-0.15, -0.1) is 0 Å². The normalized spacial score (nSPS) is 16.9. The van der Waals surface area contributed by atoms with Crippen LogP contribution in [0, 0.1) is 5.82 Å². The van der Waals surface area contributed by atoms with Crippen molar-refractivity contribution in [2.45, 2.75) is 24.9 Å². The lowest BCUT2D eigenvalue weighted by Crippen LogP contribution is -2.48. The largest absolute Gasteiger partial charge is 0.335 e. The molecule has 3 rings (SSSR count). The van der Waals surface area contributed by atoms with Crippen molar-refractivity contribution in [3.8, 4) is 0 Å². The molecule has 1 fully saturated rings. The first-order valence-corrected chi connectivity index (χ1v) is 9.57. The first-order valence-electron chi connectivity index (χ1n) is 8.78. The lowest BCUT2D eigenvalue weighted by molar-refractivity contribution is 0.212. The molecule has 1 saturated heterocycles. The third-order valence-corrected chi connectivity index (χ3v) is 5.23. The van der Waals surface area contributed by atoms with Gasteiger partial charge in [-0.2, -0.15) is 0 Å². The number of nitrogens with zero attached hydrogens (tertiary/aromatic N) is 1. The van der Waals surface area contributed by atoms with Crippen molar-refractivity contribution in [3.63, 3.8) is 0 Å². The van der Waals surface area contributed by atoms with Crippen molar-refractivity contribution in [1.82, 2.24) is 15.5 Å². The number of nitrogens with one attached hydrogen (secondary N) is 2. The van der Waals surface area contributed by atoms with Gasteiger partial charge in [0, 0.05) is 16.1 Å². The van der Waals surface area contributed by atoms with Crippen LogP contribution >= 0.6 is 15.9 Å². The lowest BCUT2D eigenvalue weighted by Gasteiger charge is -2.30. The minimum atomic E-state index is -0.546. The molecule has 2 aromatic rings. The van der Waals surface area contributed by atoms with Crippen molar-refractivity contribution in [1.29, 1.82) is 0 Å². The van der Waals surface area contributed by atoms with Crippen LogP contribution in [-0.4, -0.2) is 37.1 Å². The third kappa shape index (κ3) is 4.83. The monoisotopic (exact) mass is 419 g/mol. The molecule has 0 aliphatic carbocycles. The van der Waals surface area contributed by atoms with E-state index >= 15 is 0 Å². The van der Waals surface area contributed by atoms with Gasteiger partial charge in [-0.3, -0.25) is 0 Å². The first-order chi connectivity index (χ1) is 12.5. The minimum absolute atomic E-state index is 0.150. The highest BCUT2D eigenvalue weighted by molar-refractivity contribution is 9.10. The van der Waals surface area contributed by atoms with Crippen molar-refractivity contribution >= 4 is 22.0 Å². The summed E-state index contributed by atoms with van der Waals surface area (Å²) >= 11 is 3.28. The Bertz CT molecular complexity index is 748. The molecule has 1 aliphatic rings. The molecular formula is C20H23BrFN3O. The number of piperidine rings is 1. The molecular weight excluding hydrogens is 397 g/mol. The summed E-state index contributed by atoms with van der Waals surface area (Å²) in [5.74, 6) is -0.354. The van der Waals surface area contributed by atoms with Gasteiger partial charge in [-0.05, 0) is 50.7 Å². The second-order valence-corrected chi connectivity index (χ2v) is 7.62. The number of urea groups is 1. The average Bonchev–Trinajstić information content (AvgIpc) is 2.63. The number of hydrogen-bond donors (Lipinski definition) is 2. The summed E-state index contributed by atoms with van der Waals surface area (Å²) in [7, 11) is 2.08. The van der Waals surface area contributed by atoms with E-state index in [0.29, 0.717) is 10.0 Å². The van der Waals surface area contributed by atoms with Crippen LogP contribution in [0.2, 0.25) is 0 Å². The Hall–Kier alpha value is -1.92. The fourth-order valence-corrected chi connectivity index (χ4v) is 3.57. The van der Waals surface area contributed by atoms with E-state index in [-0.39, 0.29) is 17.9 Å². The van der Waals surface area contributed by atoms with Gasteiger partial charge >= 0.3 is 6.03 Å². The van der Waals surface area contributed by atoms with Gasteiger partial charge in [-0.25, -0.2) is 9.18 Å². The Labute approximate surface area is 161 Å². The smallest absolute Gasteiger partial charge is 0.315 e. The van der Waals surface area contributed by atoms with E-state index in [1.165, 1.54) is 6.07 Å². The Morgan fingerprint density at radius 3 is 2.54 bits per heavy atom. The van der Waals surface area contributed by atoms with Crippen LogP contribution in [0.25, 0.3) is 0 Å². The molecule has 0 bridgehead atoms. The maximum Gasteiger partial charge on any atom is 0.315 e. The van der Waals surface area contributed by atoms with Crippen molar-refractivity contribution in [2.75, 3.05) is 20.1 Å². The van der Waals surface area contributed by atoms with Gasteiger partial charge in [0.2, 0.25) is 0 Å². The van der Waals surface area contributed by atoms with Crippen LogP contribution in [-0.2, 0) is 0 Å². The summed E-state index contributed by atoms with van der Waals surface area (Å²) in [5.41, 5.74) is 1.28. The first kappa shape index (κ1) is 18.9. The standard InChI is InChI=1S/C20H23BrFN3O/c1-25-11-9-16(10-12-25)23-20(26)24-19(14-5-3-2-4-6-14)17-8-7-15(21)13-18(17)22/h2-8,13,16,19H,9-12H2,1H3,(H2,23,24,26)/t19-/m0/s1. The Morgan fingerprint density at radius 1 is 1.19 bits per heavy atom. The van der Waals surface area contributed by atoms with Crippen LogP contribution in [0.15, 0.2) is 53.0 Å². The number of carbonyl (C=O) groups is 1. The van der Waals surface area contributed by atoms with E-state index in [1.54, 1.807) is 12.1 Å². The molecule has 4 nitrogen and oxygen atoms in total. The molecule has 1 aliphatic heterocycles. The molecule has 2 amide bonds. The lowest BCUT2D eigenvalue weighted by atomic mass is 9.98. The summed E-state index contributed by atoms with van der Waals surface area (Å²) < 4.78 is 15.2. The zero-order chi connectivity index (χ0) is 18.5. The molecule has 2 N–H and O–H groups in total. The predicted molar refractivity (Wildman–Crippen MR) is 105 cm³/mol. The van der Waals surface area contributed by atoms with Gasteiger partial charge in [-0.1, -0.05) is 52.3 Å². The van der Waals surface area contributed by atoms with Crippen LogP contribution < -0.4 is 10.6 Å². The van der Waals surface area contributed by atoms with E-state index in [4.69, 9.17) is 0 Å². The number of carbonyl (C=O) groups excluding carboxylic acids is 1. The third-order valence-electron chi connectivity index (χ3n) is 4.74. The minimum Gasteiger partial charge on any atom is -0.335 e. The van der Waals surface area contributed by atoms with Crippen LogP contribution in [0.4, 0.5) is 9.18 Å². The zero-order valence-electron chi connectivity index (χ0n) is 14.7. The number of halogens is 2. The van der Waals surface area contributed by atoms with Gasteiger partial charge < -0.3 is 15.5 Å². The van der Waals surface area contributed by atoms with Crippen LogP contribution in [0.5, 0.6) is 0 Å². The summed E-state index contributed by atoms with van der Waals surface area (Å²) in [4.78, 5) is 14.8. The summed E-state index contributed by atoms with van der Waals surface area (Å²) in [6.07, 6.45) is 1.85. The summed E-state index contributed by atoms with van der Waals surface area (Å²) in [6.45, 7) is 1.93. The molecule has 6 heteroatoms. The Kier molecular flexibility index (Phi) is 6.27. The van der Waals surface area contributed by atoms with E-state index in [9.17, 15) is 9.18 Å². The van der Waals surface area contributed by atoms with E-state index in [0.717, 1.165) is 31.5 Å². The maximum absolute atomic E-state index is 14.5. The predicted octanol–water partition coefficient (Wildman–Crippen LogP) is 4.07. The Morgan fingerprint density at radius 2 is 1.88 bits per heavy atom. The highest BCUT2D eigenvalue weighted by Crippen LogP contribution is 2.26. The quantitative estimate of drug-likeness (QED) is 0.784. The molecule has 0 aromatic heterocycles. The van der Waals surface area contributed by atoms with Crippen molar-refractivity contribution in [2.24, 2.45) is 0 Å². The fraction of sp³-hybridized carbons (Fsp3) is 0.350. The molecule has 0 spiro atoms. The molecule has 1 atom stereocenters. The van der Waals surface area contributed by atoms with Crippen LogP contribution in [0.1, 0.15) is 30.0 Å². The summed E-state index contributed by atoms with van der Waals surface area (Å²) in [6, 6.07) is 13.7. The summed E-state index contributed by atoms with van der Waals surface area (Å²) in [5, 5.41) is 5.98. The number of likely N-dealkylation sites (tertiary alicyclic amines) is 1. The topological polar surface area (TPSA) is 44.4 Å². The SMILES string of the molecule is CN1CCC(NC(=O)N[C@@H](c2ccccc2)c2ccc(Br)cc2F)CC1. The molecule has 26 heavy (non-hydrogen) atoms. The second-order valence-electron chi connectivity index (χ2n) is 6.70. The molecule has 0 unspecified atom stereocenters. The molecule has 1 heterocycles. The highest BCUT2D eigenvalue weighted by Gasteiger charge is 2.23. The van der Waals surface area contributed by atoms with Gasteiger partial charge in [0.1, 0.15) is 5.82 Å². The van der Waals surface area contributed by atoms with Crippen LogP contribution in [0.3, 0.4) is 0 Å². The maximum atomic E-state index is 14.5. The number of rotatable bonds is 4. The van der Waals surface area contributed by atoms with Gasteiger partial charge in [0.15, 0.2) is 0 Å². The Balaban J connectivity index is 1.77. The van der Waals surface area contributed by atoms with E-state index in [2.05, 4.69) is 38.5 Å². The molecule has 2 aromatic carbocycles. The highest BCUT2D eigenvalue weighted by atomic mass is 79.9. The average molecular weight is 420 g/mol. The van der Waals surface area contributed by atoms with Crippen molar-refractivity contribution < 1.29 is 9.18 Å². The van der Waals surface area contributed by atoms with E-state index < -0.39 is 6.04 Å². The number of benzene rings is 2. The van der Waals surface area contributed by atoms with Gasteiger partial charge in [0.05, 0.1) is 6.04 Å². The molecule has 0 radical (unpaired) electrons. The fourth-order valence-electron chi connectivity index (χ4n) is 3.23. The van der Waals surface area contributed by atoms with Gasteiger partial charge in [0.25, 0.3) is 0 Å².